The molecule has 5 nitrogen and oxygen atoms in total. The van der Waals surface area contributed by atoms with E-state index >= 15 is 0 Å². The van der Waals surface area contributed by atoms with Crippen molar-refractivity contribution in [3.05, 3.63) is 48.4 Å². The van der Waals surface area contributed by atoms with E-state index in [2.05, 4.69) is 9.97 Å². The molecule has 0 aliphatic carbocycles. The summed E-state index contributed by atoms with van der Waals surface area (Å²) in [6, 6.07) is 7.47. The second kappa shape index (κ2) is 5.79. The minimum atomic E-state index is 0.0158. The second-order valence-electron chi connectivity index (χ2n) is 4.57. The second-order valence-corrected chi connectivity index (χ2v) is 4.57. The van der Waals surface area contributed by atoms with Gasteiger partial charge in [0.25, 0.3) is 5.91 Å². The average Bonchev–Trinajstić information content (AvgIpc) is 2.56. The Labute approximate surface area is 117 Å². The monoisotopic (exact) mass is 269 g/mol. The molecule has 0 unspecified atom stereocenters. The minimum absolute atomic E-state index is 0.0158. The summed E-state index contributed by atoms with van der Waals surface area (Å²) in [5.74, 6) is 0.0158. The van der Waals surface area contributed by atoms with Gasteiger partial charge in [-0.3, -0.25) is 14.8 Å². The van der Waals surface area contributed by atoms with Crippen LogP contribution in [0, 0.1) is 0 Å². The first-order chi connectivity index (χ1) is 9.84. The predicted molar refractivity (Wildman–Crippen MR) is 74.2 cm³/mol. The fraction of sp³-hybridized carbons (Fsp3) is 0.267. The molecule has 1 saturated heterocycles. The molecule has 3 rings (SSSR count). The van der Waals surface area contributed by atoms with Crippen LogP contribution >= 0.6 is 0 Å². The molecule has 0 radical (unpaired) electrons. The third-order valence-electron chi connectivity index (χ3n) is 3.28. The van der Waals surface area contributed by atoms with Gasteiger partial charge in [-0.2, -0.15) is 0 Å². The molecule has 0 N–H and O–H groups in total. The predicted octanol–water partition coefficient (Wildman–Crippen LogP) is 1.62. The van der Waals surface area contributed by atoms with Crippen LogP contribution in [0.4, 0.5) is 0 Å². The molecule has 5 heteroatoms. The Kier molecular flexibility index (Phi) is 3.69. The summed E-state index contributed by atoms with van der Waals surface area (Å²) in [6.07, 6.45) is 5.08. The molecule has 0 saturated carbocycles. The fourth-order valence-corrected chi connectivity index (χ4v) is 2.16. The molecule has 0 spiro atoms. The highest BCUT2D eigenvalue weighted by atomic mass is 16.5. The first-order valence-corrected chi connectivity index (χ1v) is 6.58. The fourth-order valence-electron chi connectivity index (χ4n) is 2.16. The van der Waals surface area contributed by atoms with E-state index in [0.29, 0.717) is 31.9 Å². The number of carbonyl (C=O) groups is 1. The lowest BCUT2D eigenvalue weighted by Gasteiger charge is -2.26. The van der Waals surface area contributed by atoms with Crippen molar-refractivity contribution in [1.82, 2.24) is 14.9 Å². The molecule has 1 amide bonds. The molecule has 3 heterocycles. The van der Waals surface area contributed by atoms with E-state index in [0.717, 1.165) is 11.3 Å². The van der Waals surface area contributed by atoms with E-state index in [1.54, 1.807) is 23.5 Å². The maximum absolute atomic E-state index is 12.3. The van der Waals surface area contributed by atoms with Crippen LogP contribution in [-0.4, -0.2) is 47.1 Å². The molecule has 20 heavy (non-hydrogen) atoms. The number of aromatic nitrogens is 2. The summed E-state index contributed by atoms with van der Waals surface area (Å²) >= 11 is 0. The summed E-state index contributed by atoms with van der Waals surface area (Å²) < 4.78 is 5.25. The molecule has 0 atom stereocenters. The van der Waals surface area contributed by atoms with Crippen molar-refractivity contribution in [2.24, 2.45) is 0 Å². The van der Waals surface area contributed by atoms with Gasteiger partial charge in [-0.1, -0.05) is 0 Å². The number of hydrogen-bond acceptors (Lipinski definition) is 4. The van der Waals surface area contributed by atoms with Crippen molar-refractivity contribution < 1.29 is 9.53 Å². The summed E-state index contributed by atoms with van der Waals surface area (Å²) in [5.41, 5.74) is 2.45. The normalized spacial score (nSPS) is 15.1. The maximum Gasteiger partial charge on any atom is 0.255 e. The summed E-state index contributed by atoms with van der Waals surface area (Å²) in [7, 11) is 0. The van der Waals surface area contributed by atoms with Crippen molar-refractivity contribution in [3.63, 3.8) is 0 Å². The molecule has 1 aliphatic rings. The zero-order valence-corrected chi connectivity index (χ0v) is 11.0. The van der Waals surface area contributed by atoms with Gasteiger partial charge in [0.15, 0.2) is 0 Å². The third-order valence-corrected chi connectivity index (χ3v) is 3.28. The van der Waals surface area contributed by atoms with Crippen LogP contribution in [0.15, 0.2) is 42.9 Å². The third kappa shape index (κ3) is 2.67. The van der Waals surface area contributed by atoms with Gasteiger partial charge in [-0.25, -0.2) is 0 Å². The largest absolute Gasteiger partial charge is 0.378 e. The van der Waals surface area contributed by atoms with Gasteiger partial charge in [-0.05, 0) is 24.3 Å². The molecular weight excluding hydrogens is 254 g/mol. The van der Waals surface area contributed by atoms with E-state index in [9.17, 15) is 4.79 Å². The zero-order valence-electron chi connectivity index (χ0n) is 11.0. The van der Waals surface area contributed by atoms with Crippen LogP contribution in [0.1, 0.15) is 10.4 Å². The van der Waals surface area contributed by atoms with Crippen molar-refractivity contribution in [3.8, 4) is 11.3 Å². The highest BCUT2D eigenvalue weighted by Crippen LogP contribution is 2.16. The molecule has 0 bridgehead atoms. The lowest BCUT2D eigenvalue weighted by atomic mass is 10.1. The Hall–Kier alpha value is -2.27. The standard InChI is InChI=1S/C15H15N3O2/c19-15(18-7-9-20-10-8-18)13-1-2-14(17-11-13)12-3-5-16-6-4-12/h1-6,11H,7-10H2. The SMILES string of the molecule is O=C(c1ccc(-c2ccncc2)nc1)N1CCOCC1. The van der Waals surface area contributed by atoms with Crippen molar-refractivity contribution >= 4 is 5.91 Å². The van der Waals surface area contributed by atoms with E-state index in [4.69, 9.17) is 4.74 Å². The van der Waals surface area contributed by atoms with Gasteiger partial charge < -0.3 is 9.64 Å². The summed E-state index contributed by atoms with van der Waals surface area (Å²) in [6.45, 7) is 2.50. The number of nitrogens with zero attached hydrogens (tertiary/aromatic N) is 3. The van der Waals surface area contributed by atoms with Crippen LogP contribution in [0.25, 0.3) is 11.3 Å². The number of ether oxygens (including phenoxy) is 1. The summed E-state index contributed by atoms with van der Waals surface area (Å²) in [5, 5.41) is 0. The topological polar surface area (TPSA) is 55.3 Å². The Morgan fingerprint density at radius 1 is 1.10 bits per heavy atom. The van der Waals surface area contributed by atoms with Crippen LogP contribution < -0.4 is 0 Å². The van der Waals surface area contributed by atoms with E-state index < -0.39 is 0 Å². The molecule has 1 fully saturated rings. The van der Waals surface area contributed by atoms with E-state index in [1.807, 2.05) is 24.3 Å². The van der Waals surface area contributed by atoms with Gasteiger partial charge in [0, 0.05) is 37.2 Å². The number of morpholine rings is 1. The Morgan fingerprint density at radius 3 is 2.50 bits per heavy atom. The van der Waals surface area contributed by atoms with E-state index in [-0.39, 0.29) is 5.91 Å². The molecule has 2 aromatic rings. The average molecular weight is 269 g/mol. The molecule has 102 valence electrons. The maximum atomic E-state index is 12.3. The Morgan fingerprint density at radius 2 is 1.85 bits per heavy atom. The lowest BCUT2D eigenvalue weighted by molar-refractivity contribution is 0.0302. The number of carbonyl (C=O) groups excluding carboxylic acids is 1. The first kappa shape index (κ1) is 12.7. The first-order valence-electron chi connectivity index (χ1n) is 6.58. The zero-order chi connectivity index (χ0) is 13.8. The van der Waals surface area contributed by atoms with Gasteiger partial charge >= 0.3 is 0 Å². The molecule has 0 aromatic carbocycles. The van der Waals surface area contributed by atoms with Gasteiger partial charge in [0.2, 0.25) is 0 Å². The van der Waals surface area contributed by atoms with E-state index in [1.165, 1.54) is 0 Å². The number of amides is 1. The van der Waals surface area contributed by atoms with Crippen LogP contribution in [0.3, 0.4) is 0 Å². The van der Waals surface area contributed by atoms with Crippen LogP contribution in [0.2, 0.25) is 0 Å². The number of rotatable bonds is 2. The Balaban J connectivity index is 1.77. The Bertz CT molecular complexity index is 578. The van der Waals surface area contributed by atoms with Gasteiger partial charge in [0.05, 0.1) is 24.5 Å². The minimum Gasteiger partial charge on any atom is -0.378 e. The number of pyridine rings is 2. The highest BCUT2D eigenvalue weighted by Gasteiger charge is 2.18. The summed E-state index contributed by atoms with van der Waals surface area (Å²) in [4.78, 5) is 22.4. The van der Waals surface area contributed by atoms with Crippen LogP contribution in [0.5, 0.6) is 0 Å². The lowest BCUT2D eigenvalue weighted by Crippen LogP contribution is -2.40. The highest BCUT2D eigenvalue weighted by molar-refractivity contribution is 5.94. The van der Waals surface area contributed by atoms with Crippen molar-refractivity contribution in [1.29, 1.82) is 0 Å². The molecular formula is C15H15N3O2. The smallest absolute Gasteiger partial charge is 0.255 e. The molecule has 1 aliphatic heterocycles. The van der Waals surface area contributed by atoms with Crippen LogP contribution in [-0.2, 0) is 4.74 Å². The van der Waals surface area contributed by atoms with Gasteiger partial charge in [0.1, 0.15) is 0 Å². The van der Waals surface area contributed by atoms with Crippen molar-refractivity contribution in [2.45, 2.75) is 0 Å². The van der Waals surface area contributed by atoms with Crippen molar-refractivity contribution in [2.75, 3.05) is 26.3 Å². The van der Waals surface area contributed by atoms with Gasteiger partial charge in [-0.15, -0.1) is 0 Å². The number of hydrogen-bond donors (Lipinski definition) is 0. The quantitative estimate of drug-likeness (QED) is 0.831. The molecule has 2 aromatic heterocycles.